The molecule has 0 radical (unpaired) electrons. The number of diazo groups is 1. The average molecular weight is 319 g/mol. The van der Waals surface area contributed by atoms with E-state index in [-0.39, 0.29) is 18.6 Å². The Morgan fingerprint density at radius 1 is 1.35 bits per heavy atom. The van der Waals surface area contributed by atoms with Crippen LogP contribution in [0.15, 0.2) is 35.7 Å². The van der Waals surface area contributed by atoms with E-state index in [1.807, 2.05) is 24.3 Å². The fraction of sp³-hybridized carbons (Fsp3) is 0.438. The van der Waals surface area contributed by atoms with Crippen LogP contribution in [0.4, 0.5) is 0 Å². The van der Waals surface area contributed by atoms with E-state index in [0.29, 0.717) is 13.2 Å². The summed E-state index contributed by atoms with van der Waals surface area (Å²) in [6.07, 6.45) is 0.324. The number of hydrogen-bond acceptors (Lipinski definition) is 6. The van der Waals surface area contributed by atoms with Crippen molar-refractivity contribution in [2.24, 2.45) is 0 Å². The van der Waals surface area contributed by atoms with E-state index in [1.165, 1.54) is 0 Å². The fourth-order valence-electron chi connectivity index (χ4n) is 2.26. The number of esters is 1. The number of allylic oxidation sites excluding steroid dienone is 1. The van der Waals surface area contributed by atoms with Crippen LogP contribution in [0.25, 0.3) is 4.98 Å². The Bertz CT molecular complexity index is 636. The summed E-state index contributed by atoms with van der Waals surface area (Å²) in [5, 5.41) is 18.7. The minimum Gasteiger partial charge on any atom is -0.505 e. The standard InChI is InChI=1S/C16H18N2O5/c1-16(8-7-13(19)14(18-17)15(20)21-2)22-9-11-5-3-4-6-12(11)10-23-16/h3-6H,7-10H2,1-2H3/p+1. The van der Waals surface area contributed by atoms with E-state index >= 15 is 0 Å². The summed E-state index contributed by atoms with van der Waals surface area (Å²) in [5.41, 5.74) is 1.58. The third kappa shape index (κ3) is 4.06. The number of nitrogens with zero attached hydrogens (tertiary/aromatic N) is 2. The van der Waals surface area contributed by atoms with Gasteiger partial charge in [-0.2, -0.15) is 0 Å². The number of benzene rings is 1. The second-order valence-corrected chi connectivity index (χ2v) is 5.37. The molecule has 1 aromatic carbocycles. The van der Waals surface area contributed by atoms with Gasteiger partial charge >= 0.3 is 11.7 Å². The normalized spacial score (nSPS) is 17.3. The van der Waals surface area contributed by atoms with Crippen molar-refractivity contribution >= 4 is 5.97 Å². The van der Waals surface area contributed by atoms with Gasteiger partial charge in [-0.15, -0.1) is 0 Å². The molecule has 0 saturated carbocycles. The zero-order valence-electron chi connectivity index (χ0n) is 13.1. The molecule has 1 aromatic rings. The van der Waals surface area contributed by atoms with Gasteiger partial charge in [0.1, 0.15) is 0 Å². The second-order valence-electron chi connectivity index (χ2n) is 5.37. The maximum Gasteiger partial charge on any atom is 0.505 e. The first kappa shape index (κ1) is 16.9. The minimum absolute atomic E-state index is 0.0430. The fourth-order valence-corrected chi connectivity index (χ4v) is 2.26. The van der Waals surface area contributed by atoms with Crippen molar-refractivity contribution in [1.29, 1.82) is 5.39 Å². The lowest BCUT2D eigenvalue weighted by atomic mass is 10.1. The predicted octanol–water partition coefficient (Wildman–Crippen LogP) is 3.03. The summed E-state index contributed by atoms with van der Waals surface area (Å²) < 4.78 is 16.0. The first-order valence-corrected chi connectivity index (χ1v) is 7.19. The Labute approximate surface area is 134 Å². The summed E-state index contributed by atoms with van der Waals surface area (Å²) in [6.45, 7) is 2.55. The minimum atomic E-state index is -0.927. The topological polar surface area (TPSA) is 93.1 Å². The van der Waals surface area contributed by atoms with Gasteiger partial charge in [-0.1, -0.05) is 24.3 Å². The zero-order valence-corrected chi connectivity index (χ0v) is 13.1. The number of aliphatic hydroxyl groups is 1. The van der Waals surface area contributed by atoms with Gasteiger partial charge in [0.2, 0.25) is 5.39 Å². The number of carbonyl (C=O) groups is 1. The molecule has 1 aliphatic rings. The number of rotatable bonds is 4. The molecule has 7 nitrogen and oxygen atoms in total. The van der Waals surface area contributed by atoms with Gasteiger partial charge in [-0.3, -0.25) is 0 Å². The van der Waals surface area contributed by atoms with E-state index in [2.05, 4.69) is 9.71 Å². The van der Waals surface area contributed by atoms with Gasteiger partial charge < -0.3 is 19.3 Å². The van der Waals surface area contributed by atoms with Crippen molar-refractivity contribution in [1.82, 2.24) is 0 Å². The third-order valence-corrected chi connectivity index (χ3v) is 3.75. The van der Waals surface area contributed by atoms with Crippen LogP contribution in [0.3, 0.4) is 0 Å². The van der Waals surface area contributed by atoms with Crippen LogP contribution in [0, 0.1) is 5.39 Å². The van der Waals surface area contributed by atoms with Gasteiger partial charge in [0.05, 0.1) is 20.3 Å². The summed E-state index contributed by atoms with van der Waals surface area (Å²) >= 11 is 0. The molecule has 0 bridgehead atoms. The molecule has 122 valence electrons. The van der Waals surface area contributed by atoms with Gasteiger partial charge in [-0.05, 0) is 18.1 Å². The first-order chi connectivity index (χ1) is 11.0. The molecule has 0 amide bonds. The van der Waals surface area contributed by atoms with Crippen LogP contribution in [0.5, 0.6) is 0 Å². The Kier molecular flexibility index (Phi) is 5.32. The Balaban J connectivity index is 2.05. The number of ether oxygens (including phenoxy) is 3. The molecular formula is C16H19N2O5+. The monoisotopic (exact) mass is 319 g/mol. The molecule has 0 unspecified atom stereocenters. The molecule has 0 aromatic heterocycles. The molecule has 23 heavy (non-hydrogen) atoms. The van der Waals surface area contributed by atoms with Crippen LogP contribution in [0.2, 0.25) is 0 Å². The maximum atomic E-state index is 11.4. The van der Waals surface area contributed by atoms with Crippen molar-refractivity contribution in [2.75, 3.05) is 7.11 Å². The molecule has 0 aliphatic carbocycles. The number of methoxy groups -OCH3 is 1. The first-order valence-electron chi connectivity index (χ1n) is 7.19. The Hall–Kier alpha value is -2.43. The van der Waals surface area contributed by atoms with Crippen molar-refractivity contribution in [3.8, 4) is 0 Å². The van der Waals surface area contributed by atoms with Crippen LogP contribution < -0.4 is 0 Å². The number of carbonyl (C=O) groups excluding carboxylic acids is 1. The molecule has 1 aliphatic heterocycles. The molecule has 0 atom stereocenters. The smallest absolute Gasteiger partial charge is 0.505 e. The van der Waals surface area contributed by atoms with Crippen molar-refractivity contribution in [2.45, 2.75) is 38.8 Å². The molecule has 1 N–H and O–H groups in total. The molecule has 7 heteroatoms. The van der Waals surface area contributed by atoms with Gasteiger partial charge in [0, 0.05) is 12.8 Å². The molecule has 0 fully saturated rings. The second kappa shape index (κ2) is 7.22. The number of fused-ring (bicyclic) bond motifs is 1. The van der Waals surface area contributed by atoms with E-state index in [9.17, 15) is 9.90 Å². The highest BCUT2D eigenvalue weighted by molar-refractivity contribution is 5.90. The van der Waals surface area contributed by atoms with Gasteiger partial charge in [-0.25, -0.2) is 4.79 Å². The number of hydrogen-bond donors (Lipinski definition) is 1. The molecule has 0 saturated heterocycles. The molecule has 0 spiro atoms. The lowest BCUT2D eigenvalue weighted by molar-refractivity contribution is -0.236. The SMILES string of the molecule is COC(=O)/C([N+]#N)=C(\O)CCC1(C)OCc2ccccc2CO1. The van der Waals surface area contributed by atoms with E-state index < -0.39 is 17.5 Å². The summed E-state index contributed by atoms with van der Waals surface area (Å²) in [4.78, 5) is 14.1. The highest BCUT2D eigenvalue weighted by Gasteiger charge is 2.34. The van der Waals surface area contributed by atoms with Crippen molar-refractivity contribution in [3.05, 3.63) is 51.8 Å². The Morgan fingerprint density at radius 3 is 2.39 bits per heavy atom. The molecule has 1 heterocycles. The maximum absolute atomic E-state index is 11.4. The van der Waals surface area contributed by atoms with Crippen LogP contribution >= 0.6 is 0 Å². The summed E-state index contributed by atoms with van der Waals surface area (Å²) in [5.74, 6) is -2.22. The molecule has 2 rings (SSSR count). The van der Waals surface area contributed by atoms with E-state index in [4.69, 9.17) is 14.9 Å². The average Bonchev–Trinajstić information content (AvgIpc) is 2.74. The lowest BCUT2D eigenvalue weighted by Crippen LogP contribution is -2.30. The van der Waals surface area contributed by atoms with Gasteiger partial charge in [0.25, 0.3) is 0 Å². The largest absolute Gasteiger partial charge is 0.505 e. The zero-order chi connectivity index (χ0) is 16.9. The summed E-state index contributed by atoms with van der Waals surface area (Å²) in [6, 6.07) is 7.82. The lowest BCUT2D eigenvalue weighted by Gasteiger charge is -2.27. The highest BCUT2D eigenvalue weighted by Crippen LogP contribution is 2.29. The van der Waals surface area contributed by atoms with E-state index in [0.717, 1.165) is 18.2 Å². The van der Waals surface area contributed by atoms with E-state index in [1.54, 1.807) is 6.92 Å². The third-order valence-electron chi connectivity index (χ3n) is 3.75. The van der Waals surface area contributed by atoms with Crippen LogP contribution in [0.1, 0.15) is 30.9 Å². The number of aliphatic hydroxyl groups excluding tert-OH is 1. The van der Waals surface area contributed by atoms with Crippen LogP contribution in [-0.2, 0) is 32.2 Å². The quantitative estimate of drug-likeness (QED) is 0.397. The van der Waals surface area contributed by atoms with Crippen molar-refractivity contribution < 1.29 is 24.1 Å². The predicted molar refractivity (Wildman–Crippen MR) is 80.4 cm³/mol. The highest BCUT2D eigenvalue weighted by atomic mass is 16.7. The Morgan fingerprint density at radius 2 is 1.91 bits per heavy atom. The van der Waals surface area contributed by atoms with Crippen LogP contribution in [-0.4, -0.2) is 24.0 Å². The van der Waals surface area contributed by atoms with Gasteiger partial charge in [0.15, 0.2) is 16.5 Å². The molecular weight excluding hydrogens is 300 g/mol. The summed E-state index contributed by atoms with van der Waals surface area (Å²) in [7, 11) is 1.14. The van der Waals surface area contributed by atoms with Crippen molar-refractivity contribution in [3.63, 3.8) is 0 Å².